The molecule has 0 saturated heterocycles. The highest BCUT2D eigenvalue weighted by atomic mass is 32.2. The van der Waals surface area contributed by atoms with E-state index in [1.807, 2.05) is 31.2 Å². The lowest BCUT2D eigenvalue weighted by molar-refractivity contribution is 0.0895. The maximum atomic E-state index is 12.4. The molecule has 24 heavy (non-hydrogen) atoms. The number of nitrogens with one attached hydrogen (secondary N) is 1. The lowest BCUT2D eigenvalue weighted by Gasteiger charge is -2.31. The lowest BCUT2D eigenvalue weighted by atomic mass is 9.92. The van der Waals surface area contributed by atoms with Crippen molar-refractivity contribution in [2.45, 2.75) is 49.8 Å². The Morgan fingerprint density at radius 2 is 1.96 bits per heavy atom. The van der Waals surface area contributed by atoms with Crippen LogP contribution in [0.3, 0.4) is 0 Å². The van der Waals surface area contributed by atoms with Gasteiger partial charge in [0.15, 0.2) is 0 Å². The first-order valence-electron chi connectivity index (χ1n) is 8.18. The average molecular weight is 364 g/mol. The van der Waals surface area contributed by atoms with Gasteiger partial charge in [0.1, 0.15) is 0 Å². The number of aryl methyl sites for hydroxylation is 1. The molecule has 0 saturated carbocycles. The number of amides is 1. The number of nitrogens with zero attached hydrogens (tertiary/aromatic N) is 1. The summed E-state index contributed by atoms with van der Waals surface area (Å²) in [6.45, 7) is 6.57. The van der Waals surface area contributed by atoms with E-state index >= 15 is 0 Å². The van der Waals surface area contributed by atoms with Crippen molar-refractivity contribution in [2.75, 3.05) is 6.54 Å². The van der Waals surface area contributed by atoms with Crippen molar-refractivity contribution in [2.24, 2.45) is 5.73 Å². The molecule has 1 aromatic heterocycles. The third kappa shape index (κ3) is 4.82. The average Bonchev–Trinajstić information content (AvgIpc) is 3.03. The number of carbonyl (C=O) groups is 1. The zero-order chi connectivity index (χ0) is 17.6. The first-order valence-corrected chi connectivity index (χ1v) is 10.0. The molecule has 2 aromatic rings. The van der Waals surface area contributed by atoms with Crippen LogP contribution in [-0.4, -0.2) is 23.0 Å². The molecule has 1 amide bonds. The van der Waals surface area contributed by atoms with Crippen LogP contribution in [0.5, 0.6) is 0 Å². The molecule has 0 radical (unpaired) electrons. The number of carbonyl (C=O) groups excluding carboxylic acids is 1. The SMILES string of the molecule is CCC(CC)(CN)NC(=O)c1ccc(SCc2csc(C)n2)cc1. The highest BCUT2D eigenvalue weighted by Crippen LogP contribution is 2.24. The predicted molar refractivity (Wildman–Crippen MR) is 103 cm³/mol. The fourth-order valence-electron chi connectivity index (χ4n) is 2.41. The van der Waals surface area contributed by atoms with Crippen molar-refractivity contribution in [1.29, 1.82) is 0 Å². The van der Waals surface area contributed by atoms with Crippen LogP contribution in [-0.2, 0) is 5.75 Å². The summed E-state index contributed by atoms with van der Waals surface area (Å²) in [5.41, 5.74) is 7.31. The minimum atomic E-state index is -0.313. The van der Waals surface area contributed by atoms with Crippen LogP contribution in [0.4, 0.5) is 0 Å². The molecule has 130 valence electrons. The van der Waals surface area contributed by atoms with Crippen LogP contribution in [0, 0.1) is 6.92 Å². The third-order valence-electron chi connectivity index (χ3n) is 4.29. The zero-order valence-electron chi connectivity index (χ0n) is 14.5. The number of thiazole rings is 1. The standard InChI is InChI=1S/C18H25N3OS2/c1-4-18(5-2,12-19)21-17(22)14-6-8-16(9-7-14)24-11-15-10-23-13(3)20-15/h6-10H,4-5,11-12,19H2,1-3H3,(H,21,22). The van der Waals surface area contributed by atoms with Gasteiger partial charge in [0.2, 0.25) is 0 Å². The van der Waals surface area contributed by atoms with Crippen LogP contribution in [0.1, 0.15) is 47.7 Å². The largest absolute Gasteiger partial charge is 0.345 e. The fraction of sp³-hybridized carbons (Fsp3) is 0.444. The van der Waals surface area contributed by atoms with Gasteiger partial charge >= 0.3 is 0 Å². The van der Waals surface area contributed by atoms with Gasteiger partial charge in [-0.05, 0) is 44.0 Å². The van der Waals surface area contributed by atoms with Crippen LogP contribution >= 0.6 is 23.1 Å². The molecule has 0 bridgehead atoms. The monoisotopic (exact) mass is 363 g/mol. The third-order valence-corrected chi connectivity index (χ3v) is 6.16. The van der Waals surface area contributed by atoms with Crippen molar-refractivity contribution in [3.8, 4) is 0 Å². The Balaban J connectivity index is 1.96. The van der Waals surface area contributed by atoms with Gasteiger partial charge in [-0.25, -0.2) is 4.98 Å². The van der Waals surface area contributed by atoms with E-state index in [0.717, 1.165) is 34.2 Å². The van der Waals surface area contributed by atoms with Crippen LogP contribution < -0.4 is 11.1 Å². The minimum absolute atomic E-state index is 0.0594. The summed E-state index contributed by atoms with van der Waals surface area (Å²) < 4.78 is 0. The molecule has 2 rings (SSSR count). The molecule has 0 aliphatic carbocycles. The first kappa shape index (κ1) is 19.0. The number of aromatic nitrogens is 1. The Kier molecular flexibility index (Phi) is 6.83. The molecule has 0 spiro atoms. The van der Waals surface area contributed by atoms with Gasteiger partial charge in [-0.1, -0.05) is 13.8 Å². The number of hydrogen-bond donors (Lipinski definition) is 2. The molecule has 0 aliphatic heterocycles. The molecule has 0 atom stereocenters. The summed E-state index contributed by atoms with van der Waals surface area (Å²) in [4.78, 5) is 18.0. The van der Waals surface area contributed by atoms with Crippen molar-refractivity contribution >= 4 is 29.0 Å². The molecule has 0 unspecified atom stereocenters. The molecule has 0 fully saturated rings. The number of nitrogens with two attached hydrogens (primary N) is 1. The van der Waals surface area contributed by atoms with E-state index in [-0.39, 0.29) is 11.4 Å². The highest BCUT2D eigenvalue weighted by Gasteiger charge is 2.26. The van der Waals surface area contributed by atoms with Gasteiger partial charge < -0.3 is 11.1 Å². The second kappa shape index (κ2) is 8.65. The van der Waals surface area contributed by atoms with E-state index in [9.17, 15) is 4.79 Å². The molecule has 4 nitrogen and oxygen atoms in total. The first-order chi connectivity index (χ1) is 11.5. The summed E-state index contributed by atoms with van der Waals surface area (Å²) in [5.74, 6) is 0.786. The Hall–Kier alpha value is -1.37. The molecule has 6 heteroatoms. The van der Waals surface area contributed by atoms with Crippen molar-refractivity contribution in [1.82, 2.24) is 10.3 Å². The molecular weight excluding hydrogens is 338 g/mol. The molecule has 1 heterocycles. The summed E-state index contributed by atoms with van der Waals surface area (Å²) in [6.07, 6.45) is 1.65. The van der Waals surface area contributed by atoms with E-state index < -0.39 is 0 Å². The number of hydrogen-bond acceptors (Lipinski definition) is 5. The summed E-state index contributed by atoms with van der Waals surface area (Å²) in [7, 11) is 0. The second-order valence-corrected chi connectivity index (χ2v) is 7.93. The quantitative estimate of drug-likeness (QED) is 0.696. The van der Waals surface area contributed by atoms with E-state index in [1.54, 1.807) is 23.1 Å². The van der Waals surface area contributed by atoms with Gasteiger partial charge in [-0.2, -0.15) is 0 Å². The topological polar surface area (TPSA) is 68.0 Å². The van der Waals surface area contributed by atoms with Crippen LogP contribution in [0.25, 0.3) is 0 Å². The predicted octanol–water partition coefficient (Wildman–Crippen LogP) is 3.99. The molecular formula is C18H25N3OS2. The molecule has 3 N–H and O–H groups in total. The van der Waals surface area contributed by atoms with Gasteiger partial charge in [-0.15, -0.1) is 23.1 Å². The fourth-order valence-corrected chi connectivity index (χ4v) is 3.92. The van der Waals surface area contributed by atoms with E-state index in [1.165, 1.54) is 0 Å². The lowest BCUT2D eigenvalue weighted by Crippen LogP contribution is -2.52. The van der Waals surface area contributed by atoms with E-state index in [2.05, 4.69) is 29.5 Å². The minimum Gasteiger partial charge on any atom is -0.345 e. The van der Waals surface area contributed by atoms with Gasteiger partial charge in [0, 0.05) is 28.1 Å². The Labute approximate surface area is 152 Å². The molecule has 0 aliphatic rings. The van der Waals surface area contributed by atoms with Crippen LogP contribution in [0.15, 0.2) is 34.5 Å². The maximum absolute atomic E-state index is 12.4. The summed E-state index contributed by atoms with van der Waals surface area (Å²) in [5, 5.41) is 6.28. The van der Waals surface area contributed by atoms with E-state index in [0.29, 0.717) is 12.1 Å². The van der Waals surface area contributed by atoms with E-state index in [4.69, 9.17) is 5.73 Å². The van der Waals surface area contributed by atoms with Gasteiger partial charge in [0.05, 0.1) is 16.2 Å². The zero-order valence-corrected chi connectivity index (χ0v) is 16.1. The number of rotatable bonds is 8. The Morgan fingerprint density at radius 1 is 1.29 bits per heavy atom. The second-order valence-electron chi connectivity index (χ2n) is 5.82. The van der Waals surface area contributed by atoms with Crippen molar-refractivity contribution < 1.29 is 4.79 Å². The van der Waals surface area contributed by atoms with Gasteiger partial charge in [-0.3, -0.25) is 4.79 Å². The normalized spacial score (nSPS) is 11.5. The smallest absolute Gasteiger partial charge is 0.251 e. The Morgan fingerprint density at radius 3 is 2.46 bits per heavy atom. The summed E-state index contributed by atoms with van der Waals surface area (Å²) >= 11 is 3.40. The van der Waals surface area contributed by atoms with Crippen molar-refractivity contribution in [3.63, 3.8) is 0 Å². The number of benzene rings is 1. The van der Waals surface area contributed by atoms with Gasteiger partial charge in [0.25, 0.3) is 5.91 Å². The number of thioether (sulfide) groups is 1. The highest BCUT2D eigenvalue weighted by molar-refractivity contribution is 7.98. The maximum Gasteiger partial charge on any atom is 0.251 e. The Bertz CT molecular complexity index is 655. The summed E-state index contributed by atoms with van der Waals surface area (Å²) in [6, 6.07) is 7.72. The van der Waals surface area contributed by atoms with Crippen molar-refractivity contribution in [3.05, 3.63) is 45.9 Å². The molecule has 1 aromatic carbocycles. The van der Waals surface area contributed by atoms with Crippen LogP contribution in [0.2, 0.25) is 0 Å².